The number of pyridine rings is 1. The van der Waals surface area contributed by atoms with Crippen molar-refractivity contribution in [2.45, 2.75) is 13.5 Å². The van der Waals surface area contributed by atoms with Crippen LogP contribution in [0.3, 0.4) is 0 Å². The third-order valence-electron chi connectivity index (χ3n) is 3.91. The van der Waals surface area contributed by atoms with Crippen LogP contribution in [0.25, 0.3) is 21.1 Å². The molecule has 3 aromatic heterocycles. The van der Waals surface area contributed by atoms with E-state index in [0.717, 1.165) is 21.3 Å². The van der Waals surface area contributed by atoms with Crippen molar-refractivity contribution in [1.29, 1.82) is 0 Å². The third kappa shape index (κ3) is 2.92. The zero-order valence-electron chi connectivity index (χ0n) is 13.4. The Morgan fingerprint density at radius 2 is 2.08 bits per heavy atom. The van der Waals surface area contributed by atoms with Crippen LogP contribution in [0.1, 0.15) is 20.9 Å². The summed E-state index contributed by atoms with van der Waals surface area (Å²) in [6.07, 6.45) is 1.68. The van der Waals surface area contributed by atoms with Gasteiger partial charge in [-0.2, -0.15) is 0 Å². The van der Waals surface area contributed by atoms with Crippen molar-refractivity contribution < 1.29 is 9.21 Å². The average molecular weight is 350 g/mol. The van der Waals surface area contributed by atoms with Gasteiger partial charge < -0.3 is 9.73 Å². The second-order valence-electron chi connectivity index (χ2n) is 5.75. The number of carbonyl (C=O) groups excluding carboxylic acids is 1. The third-order valence-corrected chi connectivity index (χ3v) is 5.08. The SMILES string of the molecule is Cc1ccc2oc(=O)c3cc(C(=O)NCc4ccccn4)sc3c2c1. The largest absolute Gasteiger partial charge is 0.422 e. The lowest BCUT2D eigenvalue weighted by Crippen LogP contribution is -2.22. The lowest BCUT2D eigenvalue weighted by atomic mass is 10.1. The van der Waals surface area contributed by atoms with Crippen molar-refractivity contribution >= 4 is 38.3 Å². The lowest BCUT2D eigenvalue weighted by Gasteiger charge is -2.02. The predicted molar refractivity (Wildman–Crippen MR) is 98.0 cm³/mol. The summed E-state index contributed by atoms with van der Waals surface area (Å²) in [4.78, 5) is 29.3. The number of carbonyl (C=O) groups is 1. The molecule has 0 unspecified atom stereocenters. The quantitative estimate of drug-likeness (QED) is 0.573. The predicted octanol–water partition coefficient (Wildman–Crippen LogP) is 3.64. The van der Waals surface area contributed by atoms with Crippen molar-refractivity contribution in [2.75, 3.05) is 0 Å². The zero-order chi connectivity index (χ0) is 17.4. The minimum atomic E-state index is -0.425. The van der Waals surface area contributed by atoms with Crippen molar-refractivity contribution in [2.24, 2.45) is 0 Å². The number of amides is 1. The van der Waals surface area contributed by atoms with E-state index in [2.05, 4.69) is 10.3 Å². The van der Waals surface area contributed by atoms with Gasteiger partial charge in [0.1, 0.15) is 5.58 Å². The highest BCUT2D eigenvalue weighted by Gasteiger charge is 2.16. The first-order chi connectivity index (χ1) is 12.1. The fourth-order valence-corrected chi connectivity index (χ4v) is 3.76. The molecule has 6 heteroatoms. The summed E-state index contributed by atoms with van der Waals surface area (Å²) in [6.45, 7) is 2.31. The average Bonchev–Trinajstić information content (AvgIpc) is 3.08. The molecule has 0 aliphatic heterocycles. The Hall–Kier alpha value is -2.99. The lowest BCUT2D eigenvalue weighted by molar-refractivity contribution is 0.0954. The van der Waals surface area contributed by atoms with Gasteiger partial charge in [0, 0.05) is 11.6 Å². The summed E-state index contributed by atoms with van der Waals surface area (Å²) in [5.74, 6) is -0.230. The molecule has 1 amide bonds. The molecule has 0 saturated carbocycles. The van der Waals surface area contributed by atoms with Gasteiger partial charge in [0.15, 0.2) is 0 Å². The molecule has 1 N–H and O–H groups in total. The summed E-state index contributed by atoms with van der Waals surface area (Å²) in [6, 6.07) is 12.8. The van der Waals surface area contributed by atoms with Crippen LogP contribution in [-0.4, -0.2) is 10.9 Å². The van der Waals surface area contributed by atoms with Crippen LogP contribution in [0.2, 0.25) is 0 Å². The van der Waals surface area contributed by atoms with Crippen LogP contribution in [0, 0.1) is 6.92 Å². The number of aromatic nitrogens is 1. The number of hydrogen-bond donors (Lipinski definition) is 1. The Morgan fingerprint density at radius 3 is 2.88 bits per heavy atom. The fourth-order valence-electron chi connectivity index (χ4n) is 2.68. The molecule has 0 spiro atoms. The van der Waals surface area contributed by atoms with Gasteiger partial charge in [-0.15, -0.1) is 11.3 Å². The molecule has 4 rings (SSSR count). The van der Waals surface area contributed by atoms with Gasteiger partial charge in [0.2, 0.25) is 0 Å². The van der Waals surface area contributed by atoms with Gasteiger partial charge in [-0.25, -0.2) is 4.79 Å². The Kier molecular flexibility index (Phi) is 3.82. The molecule has 0 radical (unpaired) electrons. The molecule has 0 atom stereocenters. The molecule has 5 nitrogen and oxygen atoms in total. The standard InChI is InChI=1S/C19H14N2O3S/c1-11-5-6-15-13(8-11)17-14(19(23)24-15)9-16(25-17)18(22)21-10-12-4-2-3-7-20-12/h2-9H,10H2,1H3,(H,21,22). The summed E-state index contributed by atoms with van der Waals surface area (Å²) in [5.41, 5.74) is 1.95. The van der Waals surface area contributed by atoms with Gasteiger partial charge in [-0.1, -0.05) is 17.7 Å². The highest BCUT2D eigenvalue weighted by atomic mass is 32.1. The van der Waals surface area contributed by atoms with E-state index in [4.69, 9.17) is 4.42 Å². The number of aryl methyl sites for hydroxylation is 1. The molecule has 25 heavy (non-hydrogen) atoms. The Balaban J connectivity index is 1.72. The maximum absolute atomic E-state index is 12.4. The molecule has 0 aliphatic rings. The smallest absolute Gasteiger partial charge is 0.345 e. The number of fused-ring (bicyclic) bond motifs is 3. The molecule has 124 valence electrons. The Morgan fingerprint density at radius 1 is 1.20 bits per heavy atom. The molecule has 4 aromatic rings. The van der Waals surface area contributed by atoms with E-state index in [1.54, 1.807) is 18.3 Å². The van der Waals surface area contributed by atoms with Crippen molar-refractivity contribution in [1.82, 2.24) is 10.3 Å². The van der Waals surface area contributed by atoms with E-state index in [0.29, 0.717) is 22.4 Å². The first-order valence-electron chi connectivity index (χ1n) is 7.77. The second-order valence-corrected chi connectivity index (χ2v) is 6.80. The number of benzene rings is 1. The first kappa shape index (κ1) is 15.5. The van der Waals surface area contributed by atoms with Crippen LogP contribution < -0.4 is 10.9 Å². The first-order valence-corrected chi connectivity index (χ1v) is 8.58. The van der Waals surface area contributed by atoms with E-state index in [9.17, 15) is 9.59 Å². The van der Waals surface area contributed by atoms with Crippen LogP contribution in [-0.2, 0) is 6.54 Å². The van der Waals surface area contributed by atoms with Gasteiger partial charge >= 0.3 is 5.63 Å². The molecule has 1 aromatic carbocycles. The maximum atomic E-state index is 12.4. The number of nitrogens with one attached hydrogen (secondary N) is 1. The molecule has 0 bridgehead atoms. The number of nitrogens with zero attached hydrogens (tertiary/aromatic N) is 1. The van der Waals surface area contributed by atoms with Crippen molar-refractivity contribution in [3.05, 3.63) is 75.2 Å². The van der Waals surface area contributed by atoms with Gasteiger partial charge in [-0.05, 0) is 37.3 Å². The second kappa shape index (κ2) is 6.14. The van der Waals surface area contributed by atoms with Crippen molar-refractivity contribution in [3.8, 4) is 0 Å². The van der Waals surface area contributed by atoms with E-state index < -0.39 is 5.63 Å². The number of thiophene rings is 1. The molecule has 0 aliphatic carbocycles. The summed E-state index contributed by atoms with van der Waals surface area (Å²) < 4.78 is 6.14. The van der Waals surface area contributed by atoms with Crippen LogP contribution >= 0.6 is 11.3 Å². The number of rotatable bonds is 3. The van der Waals surface area contributed by atoms with Gasteiger partial charge in [0.25, 0.3) is 5.91 Å². The Bertz CT molecular complexity index is 1150. The van der Waals surface area contributed by atoms with Crippen LogP contribution in [0.5, 0.6) is 0 Å². The topological polar surface area (TPSA) is 72.2 Å². The molecule has 0 fully saturated rings. The summed E-state index contributed by atoms with van der Waals surface area (Å²) >= 11 is 1.30. The minimum absolute atomic E-state index is 0.230. The van der Waals surface area contributed by atoms with E-state index >= 15 is 0 Å². The monoisotopic (exact) mass is 350 g/mol. The van der Waals surface area contributed by atoms with E-state index in [-0.39, 0.29) is 5.91 Å². The van der Waals surface area contributed by atoms with Crippen LogP contribution in [0.15, 0.2) is 57.9 Å². The van der Waals surface area contributed by atoms with E-state index in [1.807, 2.05) is 37.3 Å². The van der Waals surface area contributed by atoms with Gasteiger partial charge in [-0.3, -0.25) is 9.78 Å². The Labute approximate surface area is 146 Å². The normalized spacial score (nSPS) is 11.1. The van der Waals surface area contributed by atoms with Gasteiger partial charge in [0.05, 0.1) is 27.2 Å². The fraction of sp³-hybridized carbons (Fsp3) is 0.105. The molecule has 0 saturated heterocycles. The maximum Gasteiger partial charge on any atom is 0.345 e. The molecular formula is C19H14N2O3S. The highest BCUT2D eigenvalue weighted by molar-refractivity contribution is 7.21. The minimum Gasteiger partial charge on any atom is -0.422 e. The summed E-state index contributed by atoms with van der Waals surface area (Å²) in [5, 5.41) is 4.12. The molecule has 3 heterocycles. The number of hydrogen-bond acceptors (Lipinski definition) is 5. The van der Waals surface area contributed by atoms with Crippen molar-refractivity contribution in [3.63, 3.8) is 0 Å². The zero-order valence-corrected chi connectivity index (χ0v) is 14.2. The summed E-state index contributed by atoms with van der Waals surface area (Å²) in [7, 11) is 0. The molecular weight excluding hydrogens is 336 g/mol. The van der Waals surface area contributed by atoms with Crippen LogP contribution in [0.4, 0.5) is 0 Å². The van der Waals surface area contributed by atoms with E-state index in [1.165, 1.54) is 11.3 Å². The highest BCUT2D eigenvalue weighted by Crippen LogP contribution is 2.31.